The number of pyridine rings is 1. The fraction of sp³-hybridized carbons (Fsp3) is 0.643. The summed E-state index contributed by atoms with van der Waals surface area (Å²) in [6.07, 6.45) is 8.75. The van der Waals surface area contributed by atoms with E-state index >= 15 is 0 Å². The topological polar surface area (TPSA) is 42.1 Å². The predicted molar refractivity (Wildman–Crippen MR) is 70.5 cm³/mol. The molecule has 0 aromatic carbocycles. The van der Waals surface area contributed by atoms with E-state index in [1.165, 1.54) is 50.9 Å². The third-order valence-corrected chi connectivity index (χ3v) is 3.46. The summed E-state index contributed by atoms with van der Waals surface area (Å²) in [5.41, 5.74) is 7.85. The Morgan fingerprint density at radius 3 is 2.35 bits per heavy atom. The van der Waals surface area contributed by atoms with Gasteiger partial charge in [0.2, 0.25) is 0 Å². The fourth-order valence-corrected chi connectivity index (χ4v) is 2.37. The Morgan fingerprint density at radius 1 is 1.06 bits per heavy atom. The first kappa shape index (κ1) is 12.5. The van der Waals surface area contributed by atoms with Gasteiger partial charge in [-0.3, -0.25) is 9.88 Å². The maximum absolute atomic E-state index is 5.57. The number of rotatable bonds is 3. The summed E-state index contributed by atoms with van der Waals surface area (Å²) in [7, 11) is 0. The smallest absolute Gasteiger partial charge is 0.0544 e. The van der Waals surface area contributed by atoms with E-state index in [1.54, 1.807) is 0 Å². The average molecular weight is 233 g/mol. The van der Waals surface area contributed by atoms with Gasteiger partial charge in [0, 0.05) is 19.3 Å². The molecule has 1 saturated heterocycles. The summed E-state index contributed by atoms with van der Waals surface area (Å²) >= 11 is 0. The summed E-state index contributed by atoms with van der Waals surface area (Å²) in [6, 6.07) is 4.20. The number of likely N-dealkylation sites (tertiary alicyclic amines) is 1. The molecule has 94 valence electrons. The third-order valence-electron chi connectivity index (χ3n) is 3.46. The first-order chi connectivity index (χ1) is 8.38. The third kappa shape index (κ3) is 4.10. The zero-order chi connectivity index (χ0) is 11.9. The van der Waals surface area contributed by atoms with E-state index in [1.807, 2.05) is 6.20 Å². The first-order valence-electron chi connectivity index (χ1n) is 6.75. The lowest BCUT2D eigenvalue weighted by atomic mass is 10.1. The fourth-order valence-electron chi connectivity index (χ4n) is 2.37. The number of aromatic nitrogens is 1. The summed E-state index contributed by atoms with van der Waals surface area (Å²) in [6.45, 7) is 4.02. The lowest BCUT2D eigenvalue weighted by Crippen LogP contribution is -2.27. The zero-order valence-electron chi connectivity index (χ0n) is 10.6. The van der Waals surface area contributed by atoms with Crippen LogP contribution in [0.25, 0.3) is 0 Å². The van der Waals surface area contributed by atoms with Crippen LogP contribution in [0.4, 0.5) is 0 Å². The minimum Gasteiger partial charge on any atom is -0.326 e. The molecule has 0 radical (unpaired) electrons. The minimum atomic E-state index is 0.580. The Labute approximate surface area is 104 Å². The molecule has 2 heterocycles. The minimum absolute atomic E-state index is 0.580. The standard InChI is InChI=1S/C14H23N3/c15-10-13-6-7-14(16-11-13)12-17-8-4-2-1-3-5-9-17/h6-7,11H,1-5,8-10,12,15H2. The van der Waals surface area contributed by atoms with Crippen LogP contribution in [0.1, 0.15) is 43.4 Å². The van der Waals surface area contributed by atoms with E-state index in [2.05, 4.69) is 22.0 Å². The van der Waals surface area contributed by atoms with E-state index in [0.29, 0.717) is 6.54 Å². The molecule has 0 unspecified atom stereocenters. The molecule has 2 rings (SSSR count). The van der Waals surface area contributed by atoms with Gasteiger partial charge in [0.1, 0.15) is 0 Å². The lowest BCUT2D eigenvalue weighted by Gasteiger charge is -2.24. The van der Waals surface area contributed by atoms with Crippen LogP contribution in [0, 0.1) is 0 Å². The Morgan fingerprint density at radius 2 is 1.76 bits per heavy atom. The van der Waals surface area contributed by atoms with Gasteiger partial charge in [-0.25, -0.2) is 0 Å². The van der Waals surface area contributed by atoms with Gasteiger partial charge in [0.05, 0.1) is 5.69 Å². The van der Waals surface area contributed by atoms with Gasteiger partial charge in [0.25, 0.3) is 0 Å². The van der Waals surface area contributed by atoms with Crippen LogP contribution in [-0.4, -0.2) is 23.0 Å². The molecule has 0 aliphatic carbocycles. The van der Waals surface area contributed by atoms with Crippen molar-refractivity contribution in [2.45, 2.75) is 45.2 Å². The van der Waals surface area contributed by atoms with Crippen LogP contribution in [0.5, 0.6) is 0 Å². The van der Waals surface area contributed by atoms with Crippen molar-refractivity contribution in [2.24, 2.45) is 5.73 Å². The molecule has 0 atom stereocenters. The van der Waals surface area contributed by atoms with E-state index in [0.717, 1.165) is 12.1 Å². The average Bonchev–Trinajstić information content (AvgIpc) is 2.33. The van der Waals surface area contributed by atoms with Crippen LogP contribution >= 0.6 is 0 Å². The van der Waals surface area contributed by atoms with Gasteiger partial charge >= 0.3 is 0 Å². The summed E-state index contributed by atoms with van der Waals surface area (Å²) in [4.78, 5) is 7.01. The lowest BCUT2D eigenvalue weighted by molar-refractivity contribution is 0.237. The van der Waals surface area contributed by atoms with E-state index < -0.39 is 0 Å². The molecule has 1 aliphatic heterocycles. The van der Waals surface area contributed by atoms with Crippen LogP contribution in [0.3, 0.4) is 0 Å². The Kier molecular flexibility index (Phi) is 4.95. The predicted octanol–water partition coefficient (Wildman–Crippen LogP) is 2.31. The van der Waals surface area contributed by atoms with Crippen molar-refractivity contribution in [3.8, 4) is 0 Å². The zero-order valence-corrected chi connectivity index (χ0v) is 10.6. The molecule has 1 fully saturated rings. The number of nitrogens with zero attached hydrogens (tertiary/aromatic N) is 2. The highest BCUT2D eigenvalue weighted by atomic mass is 15.1. The molecule has 1 aromatic heterocycles. The SMILES string of the molecule is NCc1ccc(CN2CCCCCCC2)nc1. The van der Waals surface area contributed by atoms with Crippen molar-refractivity contribution in [3.05, 3.63) is 29.6 Å². The van der Waals surface area contributed by atoms with Gasteiger partial charge in [0.15, 0.2) is 0 Å². The second-order valence-electron chi connectivity index (χ2n) is 4.91. The van der Waals surface area contributed by atoms with E-state index in [-0.39, 0.29) is 0 Å². The molecule has 2 N–H and O–H groups in total. The number of nitrogens with two attached hydrogens (primary N) is 1. The monoisotopic (exact) mass is 233 g/mol. The highest BCUT2D eigenvalue weighted by Crippen LogP contribution is 2.12. The van der Waals surface area contributed by atoms with Crippen LogP contribution in [0.15, 0.2) is 18.3 Å². The van der Waals surface area contributed by atoms with Crippen molar-refractivity contribution >= 4 is 0 Å². The summed E-state index contributed by atoms with van der Waals surface area (Å²) in [5, 5.41) is 0. The van der Waals surface area contributed by atoms with Crippen LogP contribution < -0.4 is 5.73 Å². The molecule has 3 heteroatoms. The van der Waals surface area contributed by atoms with Crippen LogP contribution in [-0.2, 0) is 13.1 Å². The molecule has 3 nitrogen and oxygen atoms in total. The molecular formula is C14H23N3. The molecular weight excluding hydrogens is 210 g/mol. The molecule has 0 bridgehead atoms. The molecule has 1 aliphatic rings. The second-order valence-corrected chi connectivity index (χ2v) is 4.91. The molecule has 0 spiro atoms. The first-order valence-corrected chi connectivity index (χ1v) is 6.75. The van der Waals surface area contributed by atoms with Gasteiger partial charge in [-0.1, -0.05) is 25.3 Å². The molecule has 17 heavy (non-hydrogen) atoms. The van der Waals surface area contributed by atoms with Gasteiger partial charge in [-0.05, 0) is 37.6 Å². The summed E-state index contributed by atoms with van der Waals surface area (Å²) < 4.78 is 0. The summed E-state index contributed by atoms with van der Waals surface area (Å²) in [5.74, 6) is 0. The maximum Gasteiger partial charge on any atom is 0.0544 e. The van der Waals surface area contributed by atoms with E-state index in [9.17, 15) is 0 Å². The normalized spacial score (nSPS) is 18.6. The van der Waals surface area contributed by atoms with Crippen molar-refractivity contribution in [1.82, 2.24) is 9.88 Å². The number of hydrogen-bond acceptors (Lipinski definition) is 3. The Bertz CT molecular complexity index is 313. The van der Waals surface area contributed by atoms with Gasteiger partial charge in [-0.15, -0.1) is 0 Å². The van der Waals surface area contributed by atoms with Gasteiger partial charge < -0.3 is 5.73 Å². The molecule has 0 amide bonds. The van der Waals surface area contributed by atoms with Crippen molar-refractivity contribution in [3.63, 3.8) is 0 Å². The van der Waals surface area contributed by atoms with Crippen molar-refractivity contribution in [2.75, 3.05) is 13.1 Å². The van der Waals surface area contributed by atoms with Crippen molar-refractivity contribution < 1.29 is 0 Å². The second kappa shape index (κ2) is 6.72. The molecule has 1 aromatic rings. The highest BCUT2D eigenvalue weighted by Gasteiger charge is 2.09. The Balaban J connectivity index is 1.88. The Hall–Kier alpha value is -0.930. The van der Waals surface area contributed by atoms with Crippen LogP contribution in [0.2, 0.25) is 0 Å². The molecule has 0 saturated carbocycles. The largest absolute Gasteiger partial charge is 0.326 e. The quantitative estimate of drug-likeness (QED) is 0.871. The highest BCUT2D eigenvalue weighted by molar-refractivity contribution is 5.13. The maximum atomic E-state index is 5.57. The number of hydrogen-bond donors (Lipinski definition) is 1. The van der Waals surface area contributed by atoms with Crippen molar-refractivity contribution in [1.29, 1.82) is 0 Å². The van der Waals surface area contributed by atoms with Gasteiger partial charge in [-0.2, -0.15) is 0 Å². The van der Waals surface area contributed by atoms with E-state index in [4.69, 9.17) is 5.73 Å².